The van der Waals surface area contributed by atoms with Gasteiger partial charge < -0.3 is 10.4 Å². The zero-order valence-electron chi connectivity index (χ0n) is 11.5. The highest BCUT2D eigenvalue weighted by atomic mass is 16.4. The Morgan fingerprint density at radius 3 is 2.58 bits per heavy atom. The minimum absolute atomic E-state index is 0.128. The molecule has 1 aromatic carbocycles. The summed E-state index contributed by atoms with van der Waals surface area (Å²) in [5.41, 5.74) is 2.04. The molecule has 0 bridgehead atoms. The number of aryl methyl sites for hydroxylation is 1. The molecule has 0 aliphatic rings. The van der Waals surface area contributed by atoms with Crippen molar-refractivity contribution in [3.8, 4) is 0 Å². The summed E-state index contributed by atoms with van der Waals surface area (Å²) >= 11 is 0. The first-order valence-corrected chi connectivity index (χ1v) is 6.58. The molecule has 0 aliphatic carbocycles. The summed E-state index contributed by atoms with van der Waals surface area (Å²) in [6, 6.07) is 7.70. The highest BCUT2D eigenvalue weighted by Gasteiger charge is 2.17. The quantitative estimate of drug-likeness (QED) is 0.792. The lowest BCUT2D eigenvalue weighted by atomic mass is 10.0. The Hall–Kier alpha value is -1.84. The van der Waals surface area contributed by atoms with Crippen molar-refractivity contribution in [2.24, 2.45) is 5.92 Å². The summed E-state index contributed by atoms with van der Waals surface area (Å²) in [4.78, 5) is 22.8. The maximum Gasteiger partial charge on any atom is 0.308 e. The minimum atomic E-state index is -0.849. The second kappa shape index (κ2) is 7.56. The minimum Gasteiger partial charge on any atom is -0.481 e. The van der Waals surface area contributed by atoms with Gasteiger partial charge in [-0.1, -0.05) is 37.6 Å². The van der Waals surface area contributed by atoms with Crippen molar-refractivity contribution >= 4 is 11.9 Å². The van der Waals surface area contributed by atoms with Crippen LogP contribution >= 0.6 is 0 Å². The topological polar surface area (TPSA) is 66.4 Å². The molecule has 1 rings (SSSR count). The van der Waals surface area contributed by atoms with Crippen LogP contribution in [0.5, 0.6) is 0 Å². The number of benzene rings is 1. The summed E-state index contributed by atoms with van der Waals surface area (Å²) in [6.45, 7) is 4.10. The van der Waals surface area contributed by atoms with Gasteiger partial charge in [0.1, 0.15) is 0 Å². The van der Waals surface area contributed by atoms with Crippen molar-refractivity contribution < 1.29 is 14.7 Å². The van der Waals surface area contributed by atoms with Gasteiger partial charge in [-0.3, -0.25) is 9.59 Å². The standard InChI is InChI=1S/C15H21NO3/c1-3-6-13(15(18)19)10-16-14(17)9-12-8-5-4-7-11(12)2/h4-5,7-8,13H,3,6,9-10H2,1-2H3,(H,16,17)(H,18,19). The summed E-state index contributed by atoms with van der Waals surface area (Å²) < 4.78 is 0. The van der Waals surface area contributed by atoms with E-state index in [2.05, 4.69) is 5.32 Å². The Labute approximate surface area is 113 Å². The van der Waals surface area contributed by atoms with Gasteiger partial charge >= 0.3 is 5.97 Å². The second-order valence-electron chi connectivity index (χ2n) is 4.73. The summed E-state index contributed by atoms with van der Waals surface area (Å²) in [6.07, 6.45) is 1.68. The number of carbonyl (C=O) groups is 2. The Balaban J connectivity index is 2.47. The molecule has 1 unspecified atom stereocenters. The molecule has 0 aromatic heterocycles. The van der Waals surface area contributed by atoms with Crippen LogP contribution in [0.25, 0.3) is 0 Å². The fraction of sp³-hybridized carbons (Fsp3) is 0.467. The van der Waals surface area contributed by atoms with Crippen molar-refractivity contribution in [1.82, 2.24) is 5.32 Å². The van der Waals surface area contributed by atoms with Gasteiger partial charge in [-0.25, -0.2) is 0 Å². The lowest BCUT2D eigenvalue weighted by molar-refractivity contribution is -0.141. The molecule has 1 amide bonds. The zero-order chi connectivity index (χ0) is 14.3. The SMILES string of the molecule is CCCC(CNC(=O)Cc1ccccc1C)C(=O)O. The van der Waals surface area contributed by atoms with Crippen LogP contribution in [0.15, 0.2) is 24.3 Å². The number of nitrogens with one attached hydrogen (secondary N) is 1. The summed E-state index contributed by atoms with van der Waals surface area (Å²) in [5.74, 6) is -1.47. The van der Waals surface area contributed by atoms with E-state index in [1.807, 2.05) is 38.1 Å². The highest BCUT2D eigenvalue weighted by Crippen LogP contribution is 2.08. The molecule has 0 saturated heterocycles. The van der Waals surface area contributed by atoms with Crippen LogP contribution in [-0.2, 0) is 16.0 Å². The zero-order valence-corrected chi connectivity index (χ0v) is 11.5. The molecule has 0 spiro atoms. The molecule has 1 aromatic rings. The molecule has 19 heavy (non-hydrogen) atoms. The molecule has 104 valence electrons. The van der Waals surface area contributed by atoms with Gasteiger partial charge in [0, 0.05) is 6.54 Å². The highest BCUT2D eigenvalue weighted by molar-refractivity contribution is 5.79. The average Bonchev–Trinajstić information content (AvgIpc) is 2.37. The van der Waals surface area contributed by atoms with Crippen molar-refractivity contribution in [3.63, 3.8) is 0 Å². The maximum absolute atomic E-state index is 11.8. The average molecular weight is 263 g/mol. The van der Waals surface area contributed by atoms with Gasteiger partial charge in [0.25, 0.3) is 0 Å². The lowest BCUT2D eigenvalue weighted by Crippen LogP contribution is -2.33. The van der Waals surface area contributed by atoms with E-state index < -0.39 is 11.9 Å². The Kier molecular flexibility index (Phi) is 6.06. The van der Waals surface area contributed by atoms with Crippen LogP contribution in [0.1, 0.15) is 30.9 Å². The predicted octanol–water partition coefficient (Wildman–Crippen LogP) is 2.15. The number of amides is 1. The van der Waals surface area contributed by atoms with Crippen molar-refractivity contribution in [2.45, 2.75) is 33.1 Å². The van der Waals surface area contributed by atoms with Crippen LogP contribution in [0.4, 0.5) is 0 Å². The van der Waals surface area contributed by atoms with E-state index >= 15 is 0 Å². The molecule has 4 heteroatoms. The molecule has 2 N–H and O–H groups in total. The molecular formula is C15H21NO3. The third-order valence-electron chi connectivity index (χ3n) is 3.14. The number of hydrogen-bond acceptors (Lipinski definition) is 2. The fourth-order valence-electron chi connectivity index (χ4n) is 1.94. The first-order chi connectivity index (χ1) is 9.04. The van der Waals surface area contributed by atoms with Crippen molar-refractivity contribution in [1.29, 1.82) is 0 Å². The number of carboxylic acid groups (broad SMARTS) is 1. The molecule has 0 radical (unpaired) electrons. The van der Waals surface area contributed by atoms with Gasteiger partial charge in [-0.05, 0) is 24.5 Å². The van der Waals surface area contributed by atoms with E-state index in [1.165, 1.54) is 0 Å². The first kappa shape index (κ1) is 15.2. The van der Waals surface area contributed by atoms with E-state index in [-0.39, 0.29) is 12.5 Å². The summed E-state index contributed by atoms with van der Waals surface area (Å²) in [7, 11) is 0. The number of rotatable bonds is 7. The van der Waals surface area contributed by atoms with Gasteiger partial charge in [-0.2, -0.15) is 0 Å². The molecule has 1 atom stereocenters. The van der Waals surface area contributed by atoms with Gasteiger partial charge in [-0.15, -0.1) is 0 Å². The van der Waals surface area contributed by atoms with E-state index in [4.69, 9.17) is 5.11 Å². The van der Waals surface area contributed by atoms with Crippen LogP contribution < -0.4 is 5.32 Å². The van der Waals surface area contributed by atoms with Gasteiger partial charge in [0.05, 0.1) is 12.3 Å². The monoisotopic (exact) mass is 263 g/mol. The third-order valence-corrected chi connectivity index (χ3v) is 3.14. The van der Waals surface area contributed by atoms with Crippen LogP contribution in [0.2, 0.25) is 0 Å². The molecule has 0 saturated carbocycles. The number of hydrogen-bond donors (Lipinski definition) is 2. The van der Waals surface area contributed by atoms with Crippen molar-refractivity contribution in [3.05, 3.63) is 35.4 Å². The predicted molar refractivity (Wildman–Crippen MR) is 73.9 cm³/mol. The normalized spacial score (nSPS) is 11.9. The molecule has 0 aliphatic heterocycles. The number of carboxylic acids is 1. The third kappa shape index (κ3) is 5.12. The number of carbonyl (C=O) groups excluding carboxylic acids is 1. The Bertz CT molecular complexity index is 443. The van der Waals surface area contributed by atoms with Gasteiger partial charge in [0.15, 0.2) is 0 Å². The molecule has 4 nitrogen and oxygen atoms in total. The maximum atomic E-state index is 11.8. The van der Waals surface area contributed by atoms with Crippen LogP contribution in [-0.4, -0.2) is 23.5 Å². The lowest BCUT2D eigenvalue weighted by Gasteiger charge is -2.12. The molecule has 0 heterocycles. The Morgan fingerprint density at radius 1 is 1.32 bits per heavy atom. The van der Waals surface area contributed by atoms with E-state index in [9.17, 15) is 9.59 Å². The molecular weight excluding hydrogens is 242 g/mol. The molecule has 0 fully saturated rings. The van der Waals surface area contributed by atoms with Crippen molar-refractivity contribution in [2.75, 3.05) is 6.54 Å². The van der Waals surface area contributed by atoms with E-state index in [0.717, 1.165) is 17.5 Å². The fourth-order valence-corrected chi connectivity index (χ4v) is 1.94. The summed E-state index contributed by atoms with van der Waals surface area (Å²) in [5, 5.41) is 11.7. The van der Waals surface area contributed by atoms with Gasteiger partial charge in [0.2, 0.25) is 5.91 Å². The second-order valence-corrected chi connectivity index (χ2v) is 4.73. The number of aliphatic carboxylic acids is 1. The first-order valence-electron chi connectivity index (χ1n) is 6.58. The van der Waals surface area contributed by atoms with E-state index in [0.29, 0.717) is 12.8 Å². The van der Waals surface area contributed by atoms with E-state index in [1.54, 1.807) is 0 Å². The Morgan fingerprint density at radius 2 is 2.00 bits per heavy atom. The van der Waals surface area contributed by atoms with Crippen LogP contribution in [0, 0.1) is 12.8 Å². The van der Waals surface area contributed by atoms with Crippen LogP contribution in [0.3, 0.4) is 0 Å². The smallest absolute Gasteiger partial charge is 0.308 e. The largest absolute Gasteiger partial charge is 0.481 e.